The highest BCUT2D eigenvalue weighted by Crippen LogP contribution is 2.39. The first kappa shape index (κ1) is 51.1. The van der Waals surface area contributed by atoms with Gasteiger partial charge in [0.05, 0.1) is 167 Å². The summed E-state index contributed by atoms with van der Waals surface area (Å²) >= 11 is 0. The lowest BCUT2D eigenvalue weighted by atomic mass is 10.0. The third-order valence-corrected chi connectivity index (χ3v) is 7.82. The van der Waals surface area contributed by atoms with Crippen molar-refractivity contribution < 1.29 is 81.3 Å². The molecule has 0 aromatic heterocycles. The second-order valence-corrected chi connectivity index (χ2v) is 12.1. The lowest BCUT2D eigenvalue weighted by Gasteiger charge is -2.18. The van der Waals surface area contributed by atoms with Gasteiger partial charge in [-0.15, -0.1) is 0 Å². The van der Waals surface area contributed by atoms with Gasteiger partial charge >= 0.3 is 0 Å². The minimum atomic E-state index is 0.00630. The Kier molecular flexibility index (Phi) is 32.6. The Balaban J connectivity index is 1.74. The third-order valence-electron chi connectivity index (χ3n) is 7.82. The summed E-state index contributed by atoms with van der Waals surface area (Å²) in [6.45, 7) is 9.12. The van der Waals surface area contributed by atoms with Gasteiger partial charge in [-0.3, -0.25) is 0 Å². The van der Waals surface area contributed by atoms with Gasteiger partial charge in [-0.1, -0.05) is 0 Å². The third kappa shape index (κ3) is 26.1. The van der Waals surface area contributed by atoms with Crippen LogP contribution in [0.25, 0.3) is 0 Å². The van der Waals surface area contributed by atoms with E-state index in [0.29, 0.717) is 169 Å². The van der Waals surface area contributed by atoms with E-state index in [1.807, 2.05) is 30.3 Å². The van der Waals surface area contributed by atoms with Gasteiger partial charge < -0.3 is 81.3 Å². The lowest BCUT2D eigenvalue weighted by Crippen LogP contribution is -2.15. The fourth-order valence-corrected chi connectivity index (χ4v) is 5.00. The fraction of sp³-hybridized carbons (Fsp3) is 0.707. The quantitative estimate of drug-likeness (QED) is 0.0932. The summed E-state index contributed by atoms with van der Waals surface area (Å²) in [6, 6.07) is 9.76. The highest BCUT2D eigenvalue weighted by molar-refractivity contribution is 5.54. The largest absolute Gasteiger partial charge is 0.497 e. The van der Waals surface area contributed by atoms with Crippen molar-refractivity contribution in [3.05, 3.63) is 41.5 Å². The number of hydrogen-bond donors (Lipinski definition) is 2. The van der Waals surface area contributed by atoms with Crippen molar-refractivity contribution in [3.63, 3.8) is 0 Å². The molecular formula is C41H68O17. The summed E-state index contributed by atoms with van der Waals surface area (Å²) < 4.78 is 83.6. The van der Waals surface area contributed by atoms with Crippen LogP contribution in [0.4, 0.5) is 0 Å². The van der Waals surface area contributed by atoms with Gasteiger partial charge in [-0.25, -0.2) is 0 Å². The number of methoxy groups -OCH3 is 3. The monoisotopic (exact) mass is 832 g/mol. The maximum absolute atomic E-state index is 8.67. The maximum atomic E-state index is 8.67. The number of rotatable bonds is 42. The molecule has 0 aliphatic carbocycles. The average Bonchev–Trinajstić information content (AvgIpc) is 3.24. The van der Waals surface area contributed by atoms with Crippen molar-refractivity contribution in [1.29, 1.82) is 0 Å². The van der Waals surface area contributed by atoms with E-state index < -0.39 is 0 Å². The van der Waals surface area contributed by atoms with Crippen LogP contribution < -0.4 is 23.7 Å². The molecule has 2 N–H and O–H groups in total. The first-order valence-electron chi connectivity index (χ1n) is 19.8. The molecule has 0 amide bonds. The topological polar surface area (TPSA) is 179 Å². The molecule has 0 aliphatic heterocycles. The SMILES string of the molecule is COc1cc(CCc2cc(OCCOCCOCCOCCOCCOCCO)c(OC)c(OCCOCCOCCOCCOCCOCCO)c2)cc(OC)c1. The van der Waals surface area contributed by atoms with E-state index in [4.69, 9.17) is 81.3 Å². The second-order valence-electron chi connectivity index (χ2n) is 12.1. The molecule has 0 aliphatic rings. The Labute approximate surface area is 343 Å². The highest BCUT2D eigenvalue weighted by Gasteiger charge is 2.16. The van der Waals surface area contributed by atoms with Crippen LogP contribution in [0, 0.1) is 0 Å². The Bertz CT molecular complexity index is 1160. The summed E-state index contributed by atoms with van der Waals surface area (Å²) in [6.07, 6.45) is 1.43. The summed E-state index contributed by atoms with van der Waals surface area (Å²) in [4.78, 5) is 0. The van der Waals surface area contributed by atoms with Crippen molar-refractivity contribution in [1.82, 2.24) is 0 Å². The van der Waals surface area contributed by atoms with Crippen LogP contribution in [-0.4, -0.2) is 190 Å². The second kappa shape index (κ2) is 37.0. The number of aliphatic hydroxyl groups is 2. The average molecular weight is 833 g/mol. The van der Waals surface area contributed by atoms with Gasteiger partial charge in [0, 0.05) is 6.07 Å². The Morgan fingerprint density at radius 2 is 0.603 bits per heavy atom. The molecule has 0 saturated carbocycles. The molecule has 17 nitrogen and oxygen atoms in total. The molecule has 0 atom stereocenters. The standard InChI is InChI=1S/C41H68O17/c1-44-37-30-35(31-38(34-37)45-2)4-5-36-32-39(57-28-26-55-24-22-53-20-18-51-16-14-49-12-10-47-8-6-42)41(46-3)40(33-36)58-29-27-56-25-23-54-21-19-52-17-15-50-13-11-48-9-7-43/h30-34,42-43H,4-29H2,1-3H3. The fourth-order valence-electron chi connectivity index (χ4n) is 5.00. The molecule has 0 unspecified atom stereocenters. The maximum Gasteiger partial charge on any atom is 0.203 e. The number of ether oxygens (including phenoxy) is 15. The van der Waals surface area contributed by atoms with Crippen molar-refractivity contribution in [2.24, 2.45) is 0 Å². The number of hydrogen-bond acceptors (Lipinski definition) is 17. The van der Waals surface area contributed by atoms with E-state index in [1.54, 1.807) is 21.3 Å². The lowest BCUT2D eigenvalue weighted by molar-refractivity contribution is -0.0148. The number of benzene rings is 2. The molecule has 0 radical (unpaired) electrons. The van der Waals surface area contributed by atoms with Gasteiger partial charge in [0.2, 0.25) is 5.75 Å². The van der Waals surface area contributed by atoms with Crippen LogP contribution in [0.3, 0.4) is 0 Å². The number of aryl methyl sites for hydroxylation is 2. The first-order chi connectivity index (χ1) is 28.6. The summed E-state index contributed by atoms with van der Waals surface area (Å²) in [5, 5.41) is 17.3. The van der Waals surface area contributed by atoms with Crippen molar-refractivity contribution in [3.8, 4) is 28.7 Å². The van der Waals surface area contributed by atoms with Crippen LogP contribution in [-0.2, 0) is 60.2 Å². The van der Waals surface area contributed by atoms with Crippen LogP contribution in [0.15, 0.2) is 30.3 Å². The molecule has 2 aromatic rings. The highest BCUT2D eigenvalue weighted by atomic mass is 16.6. The number of aliphatic hydroxyl groups excluding tert-OH is 2. The molecule has 0 bridgehead atoms. The molecule has 334 valence electrons. The Hall–Kier alpha value is -3.04. The van der Waals surface area contributed by atoms with Crippen LogP contribution >= 0.6 is 0 Å². The van der Waals surface area contributed by atoms with E-state index in [-0.39, 0.29) is 13.2 Å². The molecule has 0 fully saturated rings. The Morgan fingerprint density at radius 1 is 0.328 bits per heavy atom. The van der Waals surface area contributed by atoms with Crippen LogP contribution in [0.5, 0.6) is 28.7 Å². The molecule has 0 saturated heterocycles. The molecule has 0 heterocycles. The predicted molar refractivity (Wildman–Crippen MR) is 213 cm³/mol. The van der Waals surface area contributed by atoms with Gasteiger partial charge in [-0.05, 0) is 48.2 Å². The van der Waals surface area contributed by atoms with E-state index in [9.17, 15) is 0 Å². The van der Waals surface area contributed by atoms with E-state index in [2.05, 4.69) is 0 Å². The normalized spacial score (nSPS) is 11.3. The van der Waals surface area contributed by atoms with Crippen LogP contribution in [0.2, 0.25) is 0 Å². The molecule has 17 heteroatoms. The summed E-state index contributed by atoms with van der Waals surface area (Å²) in [5.74, 6) is 3.04. The minimum Gasteiger partial charge on any atom is -0.497 e. The Morgan fingerprint density at radius 3 is 0.879 bits per heavy atom. The van der Waals surface area contributed by atoms with Crippen molar-refractivity contribution in [2.75, 3.05) is 180 Å². The predicted octanol–water partition coefficient (Wildman–Crippen LogP) is 2.41. The summed E-state index contributed by atoms with van der Waals surface area (Å²) in [7, 11) is 4.85. The van der Waals surface area contributed by atoms with Gasteiger partial charge in [0.25, 0.3) is 0 Å². The van der Waals surface area contributed by atoms with Gasteiger partial charge in [0.15, 0.2) is 11.5 Å². The smallest absolute Gasteiger partial charge is 0.203 e. The van der Waals surface area contributed by atoms with E-state index >= 15 is 0 Å². The summed E-state index contributed by atoms with van der Waals surface area (Å²) in [5.41, 5.74) is 2.07. The molecule has 2 aromatic carbocycles. The zero-order valence-corrected chi connectivity index (χ0v) is 34.8. The molecule has 58 heavy (non-hydrogen) atoms. The van der Waals surface area contributed by atoms with E-state index in [1.165, 1.54) is 0 Å². The van der Waals surface area contributed by atoms with Gasteiger partial charge in [0.1, 0.15) is 24.7 Å². The van der Waals surface area contributed by atoms with Crippen molar-refractivity contribution in [2.45, 2.75) is 12.8 Å². The molecule has 2 rings (SSSR count). The zero-order chi connectivity index (χ0) is 41.6. The molecule has 0 spiro atoms. The van der Waals surface area contributed by atoms with Crippen LogP contribution in [0.1, 0.15) is 11.1 Å². The minimum absolute atomic E-state index is 0.00630. The zero-order valence-electron chi connectivity index (χ0n) is 34.8. The van der Waals surface area contributed by atoms with E-state index in [0.717, 1.165) is 29.0 Å². The first-order valence-corrected chi connectivity index (χ1v) is 19.8. The van der Waals surface area contributed by atoms with Gasteiger partial charge in [-0.2, -0.15) is 0 Å². The van der Waals surface area contributed by atoms with Crippen molar-refractivity contribution >= 4 is 0 Å². The molecular weight excluding hydrogens is 764 g/mol.